The summed E-state index contributed by atoms with van der Waals surface area (Å²) in [4.78, 5) is 30.8. The van der Waals surface area contributed by atoms with Crippen LogP contribution in [-0.2, 0) is 16.1 Å². The summed E-state index contributed by atoms with van der Waals surface area (Å²) in [7, 11) is 0. The highest BCUT2D eigenvalue weighted by atomic mass is 16.2. The van der Waals surface area contributed by atoms with Gasteiger partial charge in [-0.15, -0.1) is 0 Å². The number of carbonyl (C=O) groups is 2. The van der Waals surface area contributed by atoms with Gasteiger partial charge in [0.25, 0.3) is 0 Å². The molecule has 2 aliphatic rings. The fraction of sp³-hybridized carbons (Fsp3) is 0.474. The van der Waals surface area contributed by atoms with Crippen LogP contribution >= 0.6 is 0 Å². The zero-order valence-electron chi connectivity index (χ0n) is 14.7. The molecule has 0 aromatic carbocycles. The van der Waals surface area contributed by atoms with Gasteiger partial charge in [-0.1, -0.05) is 6.07 Å². The SMILES string of the molecule is O=C(Nc1ccn(Cc2cccnc2)n1)C1CCCN(C(=O)C2CC2)C1. The first-order chi connectivity index (χ1) is 12.7. The molecule has 2 fully saturated rings. The minimum Gasteiger partial charge on any atom is -0.342 e. The van der Waals surface area contributed by atoms with Crippen molar-refractivity contribution in [2.75, 3.05) is 18.4 Å². The van der Waals surface area contributed by atoms with Gasteiger partial charge < -0.3 is 10.2 Å². The van der Waals surface area contributed by atoms with Gasteiger partial charge >= 0.3 is 0 Å². The fourth-order valence-corrected chi connectivity index (χ4v) is 3.40. The van der Waals surface area contributed by atoms with Crippen LogP contribution in [0.3, 0.4) is 0 Å². The van der Waals surface area contributed by atoms with Crippen LogP contribution < -0.4 is 5.32 Å². The second-order valence-corrected chi connectivity index (χ2v) is 7.15. The third-order valence-electron chi connectivity index (χ3n) is 4.99. The molecule has 1 atom stereocenters. The van der Waals surface area contributed by atoms with Gasteiger partial charge in [0.15, 0.2) is 5.82 Å². The topological polar surface area (TPSA) is 80.1 Å². The van der Waals surface area contributed by atoms with E-state index in [2.05, 4.69) is 15.4 Å². The fourth-order valence-electron chi connectivity index (χ4n) is 3.40. The number of nitrogens with one attached hydrogen (secondary N) is 1. The van der Waals surface area contributed by atoms with Crippen molar-refractivity contribution in [2.45, 2.75) is 32.2 Å². The lowest BCUT2D eigenvalue weighted by Crippen LogP contribution is -2.44. The van der Waals surface area contributed by atoms with E-state index in [9.17, 15) is 9.59 Å². The van der Waals surface area contributed by atoms with Gasteiger partial charge in [0, 0.05) is 43.7 Å². The van der Waals surface area contributed by atoms with Crippen LogP contribution in [0.15, 0.2) is 36.8 Å². The number of aromatic nitrogens is 3. The summed E-state index contributed by atoms with van der Waals surface area (Å²) in [6, 6.07) is 5.67. The largest absolute Gasteiger partial charge is 0.342 e. The zero-order chi connectivity index (χ0) is 17.9. The zero-order valence-corrected chi connectivity index (χ0v) is 14.7. The number of pyridine rings is 1. The molecule has 1 aliphatic heterocycles. The average molecular weight is 353 g/mol. The van der Waals surface area contributed by atoms with E-state index in [1.807, 2.05) is 23.2 Å². The molecule has 2 amide bonds. The third kappa shape index (κ3) is 3.92. The maximum Gasteiger partial charge on any atom is 0.230 e. The van der Waals surface area contributed by atoms with Crippen molar-refractivity contribution in [3.63, 3.8) is 0 Å². The summed E-state index contributed by atoms with van der Waals surface area (Å²) in [6.07, 6.45) is 9.07. The molecule has 1 N–H and O–H groups in total. The minimum absolute atomic E-state index is 0.0510. The molecule has 0 bridgehead atoms. The minimum atomic E-state index is -0.157. The smallest absolute Gasteiger partial charge is 0.230 e. The Morgan fingerprint density at radius 1 is 1.19 bits per heavy atom. The highest BCUT2D eigenvalue weighted by molar-refractivity contribution is 5.92. The number of hydrogen-bond acceptors (Lipinski definition) is 4. The molecule has 26 heavy (non-hydrogen) atoms. The first kappa shape index (κ1) is 16.8. The Labute approximate surface area is 152 Å². The standard InChI is InChI=1S/C19H23N5O2/c25-18(16-4-2-9-23(13-16)19(26)15-5-6-15)21-17-7-10-24(22-17)12-14-3-1-8-20-11-14/h1,3,7-8,10-11,15-16H,2,4-6,9,12-13H2,(H,21,22,25). The second kappa shape index (κ2) is 7.27. The molecule has 0 radical (unpaired) electrons. The van der Waals surface area contributed by atoms with Crippen LogP contribution in [0.2, 0.25) is 0 Å². The lowest BCUT2D eigenvalue weighted by Gasteiger charge is -2.32. The maximum atomic E-state index is 12.6. The van der Waals surface area contributed by atoms with Gasteiger partial charge in [0.1, 0.15) is 0 Å². The lowest BCUT2D eigenvalue weighted by molar-refractivity contribution is -0.135. The summed E-state index contributed by atoms with van der Waals surface area (Å²) >= 11 is 0. The molecule has 3 heterocycles. The van der Waals surface area contributed by atoms with E-state index in [1.54, 1.807) is 23.1 Å². The summed E-state index contributed by atoms with van der Waals surface area (Å²) < 4.78 is 1.77. The van der Waals surface area contributed by atoms with E-state index in [0.717, 1.165) is 37.8 Å². The van der Waals surface area contributed by atoms with Crippen molar-refractivity contribution in [1.82, 2.24) is 19.7 Å². The maximum absolute atomic E-state index is 12.6. The Balaban J connectivity index is 1.33. The van der Waals surface area contributed by atoms with Crippen LogP contribution in [0.1, 0.15) is 31.2 Å². The van der Waals surface area contributed by atoms with E-state index in [-0.39, 0.29) is 23.7 Å². The Morgan fingerprint density at radius 2 is 2.08 bits per heavy atom. The van der Waals surface area contributed by atoms with Gasteiger partial charge in [-0.2, -0.15) is 5.10 Å². The van der Waals surface area contributed by atoms with Gasteiger partial charge in [0.05, 0.1) is 12.5 Å². The van der Waals surface area contributed by atoms with Crippen molar-refractivity contribution < 1.29 is 9.59 Å². The van der Waals surface area contributed by atoms with E-state index in [0.29, 0.717) is 18.9 Å². The van der Waals surface area contributed by atoms with Crippen molar-refractivity contribution in [1.29, 1.82) is 0 Å². The number of nitrogens with zero attached hydrogens (tertiary/aromatic N) is 4. The third-order valence-corrected chi connectivity index (χ3v) is 4.99. The van der Waals surface area contributed by atoms with Gasteiger partial charge in [-0.3, -0.25) is 19.3 Å². The summed E-state index contributed by atoms with van der Waals surface area (Å²) in [5.74, 6) is 0.771. The lowest BCUT2D eigenvalue weighted by atomic mass is 9.96. The molecule has 1 aliphatic carbocycles. The first-order valence-electron chi connectivity index (χ1n) is 9.21. The van der Waals surface area contributed by atoms with E-state index in [1.165, 1.54) is 0 Å². The predicted octanol–water partition coefficient (Wildman–Crippen LogP) is 1.91. The highest BCUT2D eigenvalue weighted by Crippen LogP contribution is 2.32. The number of hydrogen-bond donors (Lipinski definition) is 1. The summed E-state index contributed by atoms with van der Waals surface area (Å²) in [5.41, 5.74) is 1.05. The van der Waals surface area contributed by atoms with Crippen LogP contribution in [0.5, 0.6) is 0 Å². The Bertz CT molecular complexity index is 784. The van der Waals surface area contributed by atoms with Crippen molar-refractivity contribution in [3.05, 3.63) is 42.4 Å². The van der Waals surface area contributed by atoms with E-state index < -0.39 is 0 Å². The molecule has 1 saturated carbocycles. The van der Waals surface area contributed by atoms with Crippen LogP contribution in [0.4, 0.5) is 5.82 Å². The van der Waals surface area contributed by atoms with Crippen LogP contribution in [-0.4, -0.2) is 44.6 Å². The second-order valence-electron chi connectivity index (χ2n) is 7.15. The molecule has 4 rings (SSSR count). The van der Waals surface area contributed by atoms with Crippen LogP contribution in [0, 0.1) is 11.8 Å². The normalized spacial score (nSPS) is 20.0. The van der Waals surface area contributed by atoms with Crippen molar-refractivity contribution in [2.24, 2.45) is 11.8 Å². The molecule has 7 heteroatoms. The summed E-state index contributed by atoms with van der Waals surface area (Å²) in [5, 5.41) is 7.31. The summed E-state index contributed by atoms with van der Waals surface area (Å²) in [6.45, 7) is 1.91. The quantitative estimate of drug-likeness (QED) is 0.890. The monoisotopic (exact) mass is 353 g/mol. The number of piperidine rings is 1. The highest BCUT2D eigenvalue weighted by Gasteiger charge is 2.36. The Kier molecular flexibility index (Phi) is 4.69. The molecule has 136 valence electrons. The Morgan fingerprint density at radius 3 is 2.85 bits per heavy atom. The average Bonchev–Trinajstić information content (AvgIpc) is 3.43. The molecule has 1 unspecified atom stereocenters. The number of anilines is 1. The van der Waals surface area contributed by atoms with Gasteiger partial charge in [0.2, 0.25) is 11.8 Å². The molecule has 2 aromatic heterocycles. The van der Waals surface area contributed by atoms with Crippen LogP contribution in [0.25, 0.3) is 0 Å². The van der Waals surface area contributed by atoms with Crippen molar-refractivity contribution >= 4 is 17.6 Å². The van der Waals surface area contributed by atoms with E-state index >= 15 is 0 Å². The van der Waals surface area contributed by atoms with Gasteiger partial charge in [-0.25, -0.2) is 0 Å². The number of amides is 2. The first-order valence-corrected chi connectivity index (χ1v) is 9.21. The molecule has 7 nitrogen and oxygen atoms in total. The molecular weight excluding hydrogens is 330 g/mol. The molecule has 1 saturated heterocycles. The molecule has 0 spiro atoms. The molecular formula is C19H23N5O2. The predicted molar refractivity (Wildman–Crippen MR) is 96.2 cm³/mol. The van der Waals surface area contributed by atoms with E-state index in [4.69, 9.17) is 0 Å². The number of likely N-dealkylation sites (tertiary alicyclic amines) is 1. The number of rotatable bonds is 5. The van der Waals surface area contributed by atoms with Crippen molar-refractivity contribution in [3.8, 4) is 0 Å². The number of carbonyl (C=O) groups excluding carboxylic acids is 2. The molecule has 2 aromatic rings. The Hall–Kier alpha value is -2.70. The van der Waals surface area contributed by atoms with Gasteiger partial charge in [-0.05, 0) is 37.3 Å².